The number of hydrogen-bond acceptors (Lipinski definition) is 4. The molecule has 0 bridgehead atoms. The molecule has 0 aliphatic carbocycles. The largest absolute Gasteiger partial charge is 0.473 e. The smallest absolute Gasteiger partial charge is 0.414 e. The zero-order valence-corrected chi connectivity index (χ0v) is 19.4. The fourth-order valence-corrected chi connectivity index (χ4v) is 4.23. The van der Waals surface area contributed by atoms with Crippen LogP contribution in [0.15, 0.2) is 84.9 Å². The Bertz CT molecular complexity index is 1240. The highest BCUT2D eigenvalue weighted by Crippen LogP contribution is 2.30. The molecule has 6 nitrogen and oxygen atoms in total. The number of carbonyl (C=O) groups is 2. The van der Waals surface area contributed by atoms with Crippen molar-refractivity contribution in [3.63, 3.8) is 0 Å². The van der Waals surface area contributed by atoms with Crippen LogP contribution in [0.4, 0.5) is 5.69 Å². The van der Waals surface area contributed by atoms with E-state index < -0.39 is 11.9 Å². The van der Waals surface area contributed by atoms with E-state index in [1.807, 2.05) is 0 Å². The number of aliphatic carboxylic acids is 2. The van der Waals surface area contributed by atoms with E-state index in [1.165, 1.54) is 32.8 Å². The Balaban J connectivity index is 0.000000481. The van der Waals surface area contributed by atoms with Crippen LogP contribution >= 0.6 is 0 Å². The summed E-state index contributed by atoms with van der Waals surface area (Å²) in [6.45, 7) is 7.44. The summed E-state index contributed by atoms with van der Waals surface area (Å²) in [6.07, 6.45) is 0. The molecule has 0 aromatic heterocycles. The normalized spacial score (nSPS) is 11.6. The number of likely N-dealkylation sites (N-methyl/N-ethyl adjacent to an activating group) is 1. The summed E-state index contributed by atoms with van der Waals surface area (Å²) in [7, 11) is 0. The van der Waals surface area contributed by atoms with Gasteiger partial charge in [-0.2, -0.15) is 0 Å². The van der Waals surface area contributed by atoms with Gasteiger partial charge in [-0.15, -0.1) is 0 Å². The minimum atomic E-state index is -1.82. The van der Waals surface area contributed by atoms with Crippen molar-refractivity contribution >= 4 is 39.2 Å². The van der Waals surface area contributed by atoms with Crippen LogP contribution in [-0.4, -0.2) is 46.7 Å². The van der Waals surface area contributed by atoms with Crippen molar-refractivity contribution in [2.24, 2.45) is 0 Å². The number of fused-ring (bicyclic) bond motifs is 2. The predicted molar refractivity (Wildman–Crippen MR) is 137 cm³/mol. The third-order valence-electron chi connectivity index (χ3n) is 5.89. The van der Waals surface area contributed by atoms with Crippen molar-refractivity contribution in [3.8, 4) is 0 Å². The molecule has 4 aromatic carbocycles. The first-order valence-corrected chi connectivity index (χ1v) is 11.4. The second-order valence-electron chi connectivity index (χ2n) is 7.82. The minimum Gasteiger partial charge on any atom is -0.473 e. The molecule has 3 N–H and O–H groups in total. The maximum absolute atomic E-state index is 9.10. The van der Waals surface area contributed by atoms with Gasteiger partial charge in [-0.1, -0.05) is 92.7 Å². The maximum atomic E-state index is 9.10. The number of hydrogen-bond donors (Lipinski definition) is 3. The van der Waals surface area contributed by atoms with Crippen molar-refractivity contribution in [1.82, 2.24) is 4.90 Å². The summed E-state index contributed by atoms with van der Waals surface area (Å²) < 4.78 is 0. The summed E-state index contributed by atoms with van der Waals surface area (Å²) in [4.78, 5) is 20.7. The van der Waals surface area contributed by atoms with E-state index in [-0.39, 0.29) is 0 Å². The minimum absolute atomic E-state index is 0.320. The second kappa shape index (κ2) is 11.8. The van der Waals surface area contributed by atoms with Crippen LogP contribution in [-0.2, 0) is 9.59 Å². The number of carboxylic acid groups (broad SMARTS) is 2. The van der Waals surface area contributed by atoms with Crippen molar-refractivity contribution in [2.45, 2.75) is 19.9 Å². The summed E-state index contributed by atoms with van der Waals surface area (Å²) in [6, 6.07) is 30.8. The highest BCUT2D eigenvalue weighted by atomic mass is 16.4. The highest BCUT2D eigenvalue weighted by molar-refractivity contribution is 6.27. The van der Waals surface area contributed by atoms with E-state index in [9.17, 15) is 0 Å². The first-order valence-electron chi connectivity index (χ1n) is 11.4. The molecule has 4 rings (SSSR count). The quantitative estimate of drug-likeness (QED) is 0.310. The van der Waals surface area contributed by atoms with Gasteiger partial charge in [0.05, 0.1) is 6.04 Å². The van der Waals surface area contributed by atoms with Gasteiger partial charge in [-0.3, -0.25) is 4.90 Å². The Morgan fingerprint density at radius 1 is 0.735 bits per heavy atom. The molecule has 0 amide bonds. The van der Waals surface area contributed by atoms with Crippen LogP contribution in [0, 0.1) is 0 Å². The lowest BCUT2D eigenvalue weighted by Crippen LogP contribution is -2.33. The monoisotopic (exact) mass is 458 g/mol. The predicted octanol–water partition coefficient (Wildman–Crippen LogP) is 5.64. The van der Waals surface area contributed by atoms with E-state index in [0.717, 1.165) is 19.6 Å². The van der Waals surface area contributed by atoms with Gasteiger partial charge in [0.2, 0.25) is 0 Å². The zero-order valence-electron chi connectivity index (χ0n) is 19.4. The van der Waals surface area contributed by atoms with E-state index in [0.29, 0.717) is 6.04 Å². The fourth-order valence-electron chi connectivity index (χ4n) is 4.23. The fraction of sp³-hybridized carbons (Fsp3) is 0.214. The summed E-state index contributed by atoms with van der Waals surface area (Å²) in [5, 5.41) is 23.8. The number of nitrogens with one attached hydrogen (secondary N) is 1. The van der Waals surface area contributed by atoms with E-state index in [4.69, 9.17) is 19.8 Å². The molecule has 0 saturated heterocycles. The molecule has 0 aliphatic rings. The van der Waals surface area contributed by atoms with Crippen molar-refractivity contribution < 1.29 is 19.8 Å². The molecule has 1 unspecified atom stereocenters. The van der Waals surface area contributed by atoms with Crippen molar-refractivity contribution in [1.29, 1.82) is 0 Å². The molecule has 1 atom stereocenters. The SMILES string of the molecule is CCN(CC)C(CNc1cccc2ccccc12)c1cccc2ccccc12.O=C(O)C(=O)O. The number of carboxylic acids is 2. The maximum Gasteiger partial charge on any atom is 0.414 e. The van der Waals surface area contributed by atoms with Crippen LogP contribution in [0.3, 0.4) is 0 Å². The Morgan fingerprint density at radius 2 is 1.24 bits per heavy atom. The molecule has 0 aliphatic heterocycles. The average molecular weight is 459 g/mol. The van der Waals surface area contributed by atoms with E-state index in [1.54, 1.807) is 0 Å². The first-order chi connectivity index (χ1) is 16.5. The third-order valence-corrected chi connectivity index (χ3v) is 5.89. The molecule has 0 radical (unpaired) electrons. The number of anilines is 1. The van der Waals surface area contributed by atoms with Gasteiger partial charge >= 0.3 is 11.9 Å². The van der Waals surface area contributed by atoms with Crippen LogP contribution < -0.4 is 5.32 Å². The number of nitrogens with zero attached hydrogens (tertiary/aromatic N) is 1. The lowest BCUT2D eigenvalue weighted by atomic mass is 9.97. The lowest BCUT2D eigenvalue weighted by Gasteiger charge is -2.31. The lowest BCUT2D eigenvalue weighted by molar-refractivity contribution is -0.159. The van der Waals surface area contributed by atoms with Crippen LogP contribution in [0.5, 0.6) is 0 Å². The molecule has 0 saturated carbocycles. The second-order valence-corrected chi connectivity index (χ2v) is 7.82. The standard InChI is InChI=1S/C26H28N2.C2H2O4/c1-3-28(4-2)26(24-17-9-13-20-11-5-7-15-22(20)24)19-27-25-18-10-14-21-12-6-8-16-23(21)25;3-1(4)2(5)6/h5-18,26-27H,3-4,19H2,1-2H3;(H,3,4)(H,5,6). The Hall–Kier alpha value is -3.90. The third kappa shape index (κ3) is 5.91. The molecule has 176 valence electrons. The van der Waals surface area contributed by atoms with Gasteiger partial charge in [-0.05, 0) is 40.9 Å². The summed E-state index contributed by atoms with van der Waals surface area (Å²) in [5.74, 6) is -3.65. The Kier molecular flexibility index (Phi) is 8.60. The van der Waals surface area contributed by atoms with Gasteiger partial charge in [-0.25, -0.2) is 9.59 Å². The molecule has 0 fully saturated rings. The topological polar surface area (TPSA) is 89.9 Å². The average Bonchev–Trinajstić information content (AvgIpc) is 2.86. The van der Waals surface area contributed by atoms with Crippen LogP contribution in [0.2, 0.25) is 0 Å². The van der Waals surface area contributed by atoms with Gasteiger partial charge in [0, 0.05) is 17.6 Å². The molecule has 0 spiro atoms. The van der Waals surface area contributed by atoms with E-state index in [2.05, 4.69) is 109 Å². The van der Waals surface area contributed by atoms with Crippen LogP contribution in [0.1, 0.15) is 25.5 Å². The summed E-state index contributed by atoms with van der Waals surface area (Å²) >= 11 is 0. The van der Waals surface area contributed by atoms with Gasteiger partial charge < -0.3 is 15.5 Å². The zero-order chi connectivity index (χ0) is 24.5. The van der Waals surface area contributed by atoms with Gasteiger partial charge in [0.1, 0.15) is 0 Å². The number of rotatable bonds is 7. The Morgan fingerprint density at radius 3 is 1.82 bits per heavy atom. The van der Waals surface area contributed by atoms with Gasteiger partial charge in [0.25, 0.3) is 0 Å². The first kappa shape index (κ1) is 24.7. The summed E-state index contributed by atoms with van der Waals surface area (Å²) in [5.41, 5.74) is 2.60. The molecule has 6 heteroatoms. The van der Waals surface area contributed by atoms with Crippen molar-refractivity contribution in [2.75, 3.05) is 25.0 Å². The molecule has 34 heavy (non-hydrogen) atoms. The molecular weight excluding hydrogens is 428 g/mol. The highest BCUT2D eigenvalue weighted by Gasteiger charge is 2.20. The molecule has 0 heterocycles. The van der Waals surface area contributed by atoms with E-state index >= 15 is 0 Å². The van der Waals surface area contributed by atoms with Gasteiger partial charge in [0.15, 0.2) is 0 Å². The van der Waals surface area contributed by atoms with Crippen LogP contribution in [0.25, 0.3) is 21.5 Å². The molecule has 4 aromatic rings. The molecular formula is C28H30N2O4. The Labute approximate surface area is 199 Å². The number of benzene rings is 4. The van der Waals surface area contributed by atoms with Crippen molar-refractivity contribution in [3.05, 3.63) is 90.5 Å².